The van der Waals surface area contributed by atoms with Crippen molar-refractivity contribution in [3.8, 4) is 0 Å². The Hall–Kier alpha value is -3.60. The Kier molecular flexibility index (Phi) is 6.52. The van der Waals surface area contributed by atoms with Gasteiger partial charge in [0.25, 0.3) is 0 Å². The maximum Gasteiger partial charge on any atom is 0.340 e. The minimum Gasteiger partial charge on any atom is -0.462 e. The van der Waals surface area contributed by atoms with Gasteiger partial charge < -0.3 is 15.0 Å². The van der Waals surface area contributed by atoms with Crippen molar-refractivity contribution < 1.29 is 14.3 Å². The first-order valence-electron chi connectivity index (χ1n) is 9.86. The van der Waals surface area contributed by atoms with E-state index in [1.165, 1.54) is 0 Å². The number of anilines is 2. The number of allylic oxidation sites excluding steroid dienone is 1. The van der Waals surface area contributed by atoms with E-state index in [-0.39, 0.29) is 12.5 Å². The molecular formula is C25H26N2O3. The number of fused-ring (bicyclic) bond motifs is 1. The molecule has 0 saturated carbocycles. The minimum atomic E-state index is -0.466. The van der Waals surface area contributed by atoms with Crippen LogP contribution in [0.2, 0.25) is 0 Å². The number of ether oxygens (including phenoxy) is 1. The maximum absolute atomic E-state index is 12.7. The topological polar surface area (TPSA) is 58.6 Å². The molecule has 3 rings (SSSR count). The van der Waals surface area contributed by atoms with Gasteiger partial charge in [-0.2, -0.15) is 0 Å². The number of nitrogens with zero attached hydrogens (tertiary/aromatic N) is 1. The number of hydrogen-bond donors (Lipinski definition) is 1. The van der Waals surface area contributed by atoms with Gasteiger partial charge in [0.05, 0.1) is 17.9 Å². The largest absolute Gasteiger partial charge is 0.462 e. The van der Waals surface area contributed by atoms with E-state index >= 15 is 0 Å². The van der Waals surface area contributed by atoms with E-state index in [1.54, 1.807) is 25.1 Å². The standard InChI is InChI=1S/C25H26N2O3/c1-5-30-25(29)22-16-21(27(3)4)12-13-23(22)26-24(28)14-17(2)19-11-10-18-8-6-7-9-20(18)15-19/h6-16H,5H2,1-4H3,(H,26,28)/b17-14-. The zero-order valence-corrected chi connectivity index (χ0v) is 17.7. The van der Waals surface area contributed by atoms with Gasteiger partial charge in [-0.05, 0) is 60.0 Å². The van der Waals surface area contributed by atoms with Crippen molar-refractivity contribution in [2.24, 2.45) is 0 Å². The summed E-state index contributed by atoms with van der Waals surface area (Å²) in [5, 5.41) is 5.09. The van der Waals surface area contributed by atoms with Crippen LogP contribution in [0.3, 0.4) is 0 Å². The second-order valence-corrected chi connectivity index (χ2v) is 7.22. The van der Waals surface area contributed by atoms with Crippen LogP contribution in [0.4, 0.5) is 11.4 Å². The van der Waals surface area contributed by atoms with Crippen LogP contribution in [0.15, 0.2) is 66.7 Å². The Labute approximate surface area is 177 Å². The number of nitrogens with one attached hydrogen (secondary N) is 1. The summed E-state index contributed by atoms with van der Waals surface area (Å²) >= 11 is 0. The van der Waals surface area contributed by atoms with Gasteiger partial charge in [0, 0.05) is 25.9 Å². The molecule has 0 fully saturated rings. The third-order valence-corrected chi connectivity index (χ3v) is 4.83. The molecule has 0 bridgehead atoms. The molecule has 0 saturated heterocycles. The van der Waals surface area contributed by atoms with Gasteiger partial charge in [-0.3, -0.25) is 4.79 Å². The fourth-order valence-electron chi connectivity index (χ4n) is 3.18. The molecule has 30 heavy (non-hydrogen) atoms. The highest BCUT2D eigenvalue weighted by molar-refractivity contribution is 6.08. The average molecular weight is 402 g/mol. The van der Waals surface area contributed by atoms with Crippen molar-refractivity contribution in [3.63, 3.8) is 0 Å². The number of amides is 1. The van der Waals surface area contributed by atoms with Crippen LogP contribution < -0.4 is 10.2 Å². The monoisotopic (exact) mass is 402 g/mol. The van der Waals surface area contributed by atoms with Crippen molar-refractivity contribution in [1.29, 1.82) is 0 Å². The first-order chi connectivity index (χ1) is 14.4. The van der Waals surface area contributed by atoms with Crippen LogP contribution >= 0.6 is 0 Å². The van der Waals surface area contributed by atoms with E-state index < -0.39 is 5.97 Å². The van der Waals surface area contributed by atoms with E-state index in [0.717, 1.165) is 27.6 Å². The summed E-state index contributed by atoms with van der Waals surface area (Å²) in [5.74, 6) is -0.768. The molecule has 0 aliphatic carbocycles. The fraction of sp³-hybridized carbons (Fsp3) is 0.200. The molecule has 0 aliphatic heterocycles. The molecule has 3 aromatic rings. The molecule has 0 aliphatic rings. The number of carbonyl (C=O) groups excluding carboxylic acids is 2. The summed E-state index contributed by atoms with van der Waals surface area (Å²) in [5.41, 5.74) is 3.40. The Morgan fingerprint density at radius 3 is 2.43 bits per heavy atom. The lowest BCUT2D eigenvalue weighted by Gasteiger charge is -2.16. The number of esters is 1. The molecule has 0 radical (unpaired) electrons. The highest BCUT2D eigenvalue weighted by Gasteiger charge is 2.16. The smallest absolute Gasteiger partial charge is 0.340 e. The van der Waals surface area contributed by atoms with Crippen LogP contribution in [0.25, 0.3) is 16.3 Å². The lowest BCUT2D eigenvalue weighted by molar-refractivity contribution is -0.111. The minimum absolute atomic E-state index is 0.263. The van der Waals surface area contributed by atoms with Gasteiger partial charge >= 0.3 is 5.97 Å². The summed E-state index contributed by atoms with van der Waals surface area (Å²) in [7, 11) is 3.77. The number of rotatable bonds is 6. The highest BCUT2D eigenvalue weighted by Crippen LogP contribution is 2.24. The van der Waals surface area contributed by atoms with E-state index in [0.29, 0.717) is 11.3 Å². The zero-order chi connectivity index (χ0) is 21.7. The van der Waals surface area contributed by atoms with Crippen molar-refractivity contribution in [1.82, 2.24) is 0 Å². The molecule has 1 amide bonds. The second kappa shape index (κ2) is 9.27. The predicted molar refractivity (Wildman–Crippen MR) is 123 cm³/mol. The molecule has 0 heterocycles. The van der Waals surface area contributed by atoms with Gasteiger partial charge in [0.2, 0.25) is 5.91 Å². The van der Waals surface area contributed by atoms with Crippen LogP contribution in [-0.4, -0.2) is 32.6 Å². The highest BCUT2D eigenvalue weighted by atomic mass is 16.5. The molecule has 1 N–H and O–H groups in total. The van der Waals surface area contributed by atoms with E-state index in [1.807, 2.05) is 62.3 Å². The molecule has 5 heteroatoms. The predicted octanol–water partition coefficient (Wildman–Crippen LogP) is 5.12. The molecule has 0 aromatic heterocycles. The molecule has 0 unspecified atom stereocenters. The summed E-state index contributed by atoms with van der Waals surface area (Å²) in [6, 6.07) is 19.5. The summed E-state index contributed by atoms with van der Waals surface area (Å²) in [4.78, 5) is 26.9. The van der Waals surface area contributed by atoms with Crippen LogP contribution in [0.5, 0.6) is 0 Å². The Bertz CT molecular complexity index is 1120. The molecule has 154 valence electrons. The van der Waals surface area contributed by atoms with Crippen LogP contribution in [-0.2, 0) is 9.53 Å². The first-order valence-corrected chi connectivity index (χ1v) is 9.86. The number of hydrogen-bond acceptors (Lipinski definition) is 4. The Morgan fingerprint density at radius 2 is 1.73 bits per heavy atom. The normalized spacial score (nSPS) is 11.3. The van der Waals surface area contributed by atoms with Gasteiger partial charge in [0.15, 0.2) is 0 Å². The zero-order valence-electron chi connectivity index (χ0n) is 17.7. The van der Waals surface area contributed by atoms with E-state index in [9.17, 15) is 9.59 Å². The average Bonchev–Trinajstić information content (AvgIpc) is 2.73. The summed E-state index contributed by atoms with van der Waals surface area (Å²) in [6.07, 6.45) is 1.54. The van der Waals surface area contributed by atoms with Crippen molar-refractivity contribution in [2.45, 2.75) is 13.8 Å². The SMILES string of the molecule is CCOC(=O)c1cc(N(C)C)ccc1NC(=O)/C=C(/C)c1ccc2ccccc2c1. The number of carbonyl (C=O) groups is 2. The molecule has 0 spiro atoms. The number of benzene rings is 3. The quantitative estimate of drug-likeness (QED) is 0.459. The van der Waals surface area contributed by atoms with Crippen LogP contribution in [0.1, 0.15) is 29.8 Å². The van der Waals surface area contributed by atoms with Gasteiger partial charge in [-0.25, -0.2) is 4.79 Å². The Balaban J connectivity index is 1.85. The summed E-state index contributed by atoms with van der Waals surface area (Å²) in [6.45, 7) is 3.91. The van der Waals surface area contributed by atoms with Gasteiger partial charge in [-0.15, -0.1) is 0 Å². The second-order valence-electron chi connectivity index (χ2n) is 7.22. The lowest BCUT2D eigenvalue weighted by atomic mass is 10.0. The van der Waals surface area contributed by atoms with Crippen LogP contribution in [0, 0.1) is 0 Å². The van der Waals surface area contributed by atoms with Crippen molar-refractivity contribution in [2.75, 3.05) is 30.9 Å². The van der Waals surface area contributed by atoms with E-state index in [4.69, 9.17) is 4.74 Å². The first kappa shape index (κ1) is 21.1. The molecular weight excluding hydrogens is 376 g/mol. The maximum atomic E-state index is 12.7. The van der Waals surface area contributed by atoms with Gasteiger partial charge in [-0.1, -0.05) is 36.4 Å². The van der Waals surface area contributed by atoms with E-state index in [2.05, 4.69) is 17.4 Å². The van der Waals surface area contributed by atoms with Gasteiger partial charge in [0.1, 0.15) is 0 Å². The fourth-order valence-corrected chi connectivity index (χ4v) is 3.18. The molecule has 0 atom stereocenters. The Morgan fingerprint density at radius 1 is 1.00 bits per heavy atom. The van der Waals surface area contributed by atoms with Crippen molar-refractivity contribution >= 4 is 39.6 Å². The molecule has 5 nitrogen and oxygen atoms in total. The molecule has 3 aromatic carbocycles. The third kappa shape index (κ3) is 4.87. The summed E-state index contributed by atoms with van der Waals surface area (Å²) < 4.78 is 5.15. The van der Waals surface area contributed by atoms with Crippen molar-refractivity contribution in [3.05, 3.63) is 77.9 Å². The lowest BCUT2D eigenvalue weighted by Crippen LogP contribution is -2.16. The third-order valence-electron chi connectivity index (χ3n) is 4.83.